The Bertz CT molecular complexity index is 887. The number of anilines is 2. The van der Waals surface area contributed by atoms with E-state index in [1.807, 2.05) is 0 Å². The average molecular weight is 370 g/mol. The summed E-state index contributed by atoms with van der Waals surface area (Å²) in [4.78, 5) is 12.1. The molecule has 1 N–H and O–H groups in total. The van der Waals surface area contributed by atoms with E-state index in [1.165, 1.54) is 25.3 Å². The number of nitrogens with zero attached hydrogens (tertiary/aromatic N) is 1. The van der Waals surface area contributed by atoms with Crippen molar-refractivity contribution >= 4 is 27.3 Å². The molecule has 0 spiro atoms. The van der Waals surface area contributed by atoms with E-state index in [4.69, 9.17) is 4.74 Å². The predicted octanol–water partition coefficient (Wildman–Crippen LogP) is 2.38. The van der Waals surface area contributed by atoms with Crippen molar-refractivity contribution in [2.24, 2.45) is 0 Å². The van der Waals surface area contributed by atoms with Gasteiger partial charge in [0.05, 0.1) is 19.1 Å². The number of hydrogen-bond donors (Lipinski definition) is 1. The van der Waals surface area contributed by atoms with Gasteiger partial charge in [-0.2, -0.15) is 0 Å². The Morgan fingerprint density at radius 2 is 1.88 bits per heavy atom. The number of benzene rings is 2. The summed E-state index contributed by atoms with van der Waals surface area (Å²) in [5.41, 5.74) is 0.255. The van der Waals surface area contributed by atoms with Crippen molar-refractivity contribution in [2.75, 3.05) is 29.5 Å². The van der Waals surface area contributed by atoms with Gasteiger partial charge in [0.25, 0.3) is 0 Å². The fourth-order valence-electron chi connectivity index (χ4n) is 2.07. The van der Waals surface area contributed by atoms with Gasteiger partial charge in [0.2, 0.25) is 15.9 Å². The highest BCUT2D eigenvalue weighted by Gasteiger charge is 2.21. The molecule has 9 heteroatoms. The van der Waals surface area contributed by atoms with Crippen molar-refractivity contribution in [1.29, 1.82) is 0 Å². The maximum absolute atomic E-state index is 13.2. The first-order valence-electron chi connectivity index (χ1n) is 7.07. The lowest BCUT2D eigenvalue weighted by molar-refractivity contribution is -0.114. The van der Waals surface area contributed by atoms with E-state index >= 15 is 0 Å². The van der Waals surface area contributed by atoms with E-state index < -0.39 is 34.1 Å². The number of carbonyl (C=O) groups excluding carboxylic acids is 1. The third-order valence-corrected chi connectivity index (χ3v) is 4.37. The topological polar surface area (TPSA) is 75.7 Å². The van der Waals surface area contributed by atoms with Crippen LogP contribution >= 0.6 is 0 Å². The number of ether oxygens (including phenoxy) is 1. The standard InChI is InChI=1S/C16H16F2N2O4S/c1-24-13-5-3-4-12(9-13)20(25(2,22)23)10-16(21)19-11-6-7-14(17)15(18)8-11/h3-9H,10H2,1-2H3,(H,19,21). The summed E-state index contributed by atoms with van der Waals surface area (Å²) in [6.07, 6.45) is 0.956. The van der Waals surface area contributed by atoms with Crippen LogP contribution in [-0.2, 0) is 14.8 Å². The molecule has 0 aliphatic rings. The van der Waals surface area contributed by atoms with Crippen LogP contribution in [0.1, 0.15) is 0 Å². The number of carbonyl (C=O) groups is 1. The van der Waals surface area contributed by atoms with Crippen LogP contribution < -0.4 is 14.4 Å². The molecule has 0 unspecified atom stereocenters. The number of amides is 1. The quantitative estimate of drug-likeness (QED) is 0.847. The van der Waals surface area contributed by atoms with E-state index in [-0.39, 0.29) is 11.4 Å². The normalized spacial score (nSPS) is 11.0. The zero-order chi connectivity index (χ0) is 18.6. The number of halogens is 2. The molecular formula is C16H16F2N2O4S. The Morgan fingerprint density at radius 3 is 2.48 bits per heavy atom. The van der Waals surface area contributed by atoms with Crippen molar-refractivity contribution in [1.82, 2.24) is 0 Å². The summed E-state index contributed by atoms with van der Waals surface area (Å²) >= 11 is 0. The first kappa shape index (κ1) is 18.7. The van der Waals surface area contributed by atoms with E-state index in [0.717, 1.165) is 22.7 Å². The largest absolute Gasteiger partial charge is 0.497 e. The number of hydrogen-bond acceptors (Lipinski definition) is 4. The van der Waals surface area contributed by atoms with Gasteiger partial charge in [0.15, 0.2) is 11.6 Å². The van der Waals surface area contributed by atoms with Crippen molar-refractivity contribution in [2.45, 2.75) is 0 Å². The molecule has 0 radical (unpaired) electrons. The zero-order valence-corrected chi connectivity index (χ0v) is 14.3. The Labute approximate surface area is 144 Å². The lowest BCUT2D eigenvalue weighted by Gasteiger charge is -2.22. The van der Waals surface area contributed by atoms with Crippen LogP contribution in [0.2, 0.25) is 0 Å². The third-order valence-electron chi connectivity index (χ3n) is 3.23. The van der Waals surface area contributed by atoms with Crippen LogP contribution in [0.4, 0.5) is 20.2 Å². The Morgan fingerprint density at radius 1 is 1.16 bits per heavy atom. The molecule has 2 rings (SSSR count). The fraction of sp³-hybridized carbons (Fsp3) is 0.188. The SMILES string of the molecule is COc1cccc(N(CC(=O)Nc2ccc(F)c(F)c2)S(C)(=O)=O)c1. The zero-order valence-electron chi connectivity index (χ0n) is 13.5. The summed E-state index contributed by atoms with van der Waals surface area (Å²) in [5.74, 6) is -2.45. The van der Waals surface area contributed by atoms with E-state index in [0.29, 0.717) is 5.75 Å². The minimum absolute atomic E-state index is 0.0167. The maximum atomic E-state index is 13.2. The van der Waals surface area contributed by atoms with Crippen molar-refractivity contribution in [3.8, 4) is 5.75 Å². The first-order valence-corrected chi connectivity index (χ1v) is 8.92. The second kappa shape index (κ2) is 7.47. The fourth-order valence-corrected chi connectivity index (χ4v) is 2.92. The predicted molar refractivity (Wildman–Crippen MR) is 90.2 cm³/mol. The van der Waals surface area contributed by atoms with Crippen LogP contribution in [0.25, 0.3) is 0 Å². The molecule has 6 nitrogen and oxygen atoms in total. The molecule has 2 aromatic rings. The molecule has 0 aliphatic carbocycles. The summed E-state index contributed by atoms with van der Waals surface area (Å²) in [5, 5.41) is 2.33. The third kappa shape index (κ3) is 4.90. The Kier molecular flexibility index (Phi) is 5.58. The molecular weight excluding hydrogens is 354 g/mol. The number of methoxy groups -OCH3 is 1. The highest BCUT2D eigenvalue weighted by atomic mass is 32.2. The van der Waals surface area contributed by atoms with Crippen LogP contribution in [0.3, 0.4) is 0 Å². The van der Waals surface area contributed by atoms with Crippen molar-refractivity contribution in [3.63, 3.8) is 0 Å². The van der Waals surface area contributed by atoms with Gasteiger partial charge < -0.3 is 10.1 Å². The maximum Gasteiger partial charge on any atom is 0.245 e. The average Bonchev–Trinajstić information content (AvgIpc) is 2.55. The number of rotatable bonds is 6. The van der Waals surface area contributed by atoms with Gasteiger partial charge in [-0.25, -0.2) is 17.2 Å². The van der Waals surface area contributed by atoms with Gasteiger partial charge in [-0.3, -0.25) is 9.10 Å². The number of sulfonamides is 1. The lowest BCUT2D eigenvalue weighted by Crippen LogP contribution is -2.37. The molecule has 134 valence electrons. The number of nitrogens with one attached hydrogen (secondary N) is 1. The molecule has 0 atom stereocenters. The van der Waals surface area contributed by atoms with Crippen LogP contribution in [-0.4, -0.2) is 34.2 Å². The monoisotopic (exact) mass is 370 g/mol. The van der Waals surface area contributed by atoms with Crippen molar-refractivity contribution < 1.29 is 26.7 Å². The van der Waals surface area contributed by atoms with E-state index in [1.54, 1.807) is 12.1 Å². The Balaban J connectivity index is 2.22. The molecule has 0 aliphatic heterocycles. The van der Waals surface area contributed by atoms with Crippen LogP contribution in [0, 0.1) is 11.6 Å². The second-order valence-electron chi connectivity index (χ2n) is 5.15. The van der Waals surface area contributed by atoms with Gasteiger partial charge in [-0.1, -0.05) is 6.07 Å². The summed E-state index contributed by atoms with van der Waals surface area (Å²) in [7, 11) is -2.33. The van der Waals surface area contributed by atoms with E-state index in [2.05, 4.69) is 5.32 Å². The van der Waals surface area contributed by atoms with Crippen LogP contribution in [0.5, 0.6) is 5.75 Å². The molecule has 0 heterocycles. The minimum atomic E-state index is -3.76. The molecule has 0 bridgehead atoms. The molecule has 1 amide bonds. The molecule has 2 aromatic carbocycles. The highest BCUT2D eigenvalue weighted by molar-refractivity contribution is 7.92. The lowest BCUT2D eigenvalue weighted by atomic mass is 10.3. The second-order valence-corrected chi connectivity index (χ2v) is 7.05. The molecule has 0 aromatic heterocycles. The van der Waals surface area contributed by atoms with Gasteiger partial charge in [0.1, 0.15) is 12.3 Å². The Hall–Kier alpha value is -2.68. The van der Waals surface area contributed by atoms with Gasteiger partial charge in [-0.05, 0) is 24.3 Å². The molecule has 0 saturated carbocycles. The van der Waals surface area contributed by atoms with Gasteiger partial charge in [0, 0.05) is 17.8 Å². The van der Waals surface area contributed by atoms with Gasteiger partial charge >= 0.3 is 0 Å². The van der Waals surface area contributed by atoms with Crippen LogP contribution in [0.15, 0.2) is 42.5 Å². The highest BCUT2D eigenvalue weighted by Crippen LogP contribution is 2.23. The first-order chi connectivity index (χ1) is 11.7. The summed E-state index contributed by atoms with van der Waals surface area (Å²) in [6, 6.07) is 9.03. The van der Waals surface area contributed by atoms with E-state index in [9.17, 15) is 22.0 Å². The summed E-state index contributed by atoms with van der Waals surface area (Å²) < 4.78 is 56.0. The minimum Gasteiger partial charge on any atom is -0.497 e. The molecule has 0 saturated heterocycles. The summed E-state index contributed by atoms with van der Waals surface area (Å²) in [6.45, 7) is -0.537. The molecule has 25 heavy (non-hydrogen) atoms. The van der Waals surface area contributed by atoms with Gasteiger partial charge in [-0.15, -0.1) is 0 Å². The molecule has 0 fully saturated rings. The smallest absolute Gasteiger partial charge is 0.245 e. The van der Waals surface area contributed by atoms with Crippen molar-refractivity contribution in [3.05, 3.63) is 54.1 Å².